The van der Waals surface area contributed by atoms with Crippen LogP contribution in [-0.4, -0.2) is 0 Å². The molecule has 1 heterocycles. The molecule has 1 aliphatic heterocycles. The van der Waals surface area contributed by atoms with Crippen LogP contribution in [0.1, 0.15) is 0 Å². The molecule has 0 aliphatic carbocycles. The SMILES string of the molecule is C#CC1=C(C#C)[N+]=N1. The van der Waals surface area contributed by atoms with Gasteiger partial charge < -0.3 is 0 Å². The van der Waals surface area contributed by atoms with Crippen LogP contribution in [0, 0.1) is 24.7 Å². The molecule has 8 heavy (non-hydrogen) atoms. The molecule has 0 aromatic carbocycles. The summed E-state index contributed by atoms with van der Waals surface area (Å²) in [5.41, 5.74) is 0.958. The van der Waals surface area contributed by atoms with Gasteiger partial charge in [0.15, 0.2) is 0 Å². The molecule has 0 aromatic heterocycles. The Morgan fingerprint density at radius 3 is 2.25 bits per heavy atom. The van der Waals surface area contributed by atoms with Crippen molar-refractivity contribution in [3.05, 3.63) is 11.4 Å². The fourth-order valence-corrected chi connectivity index (χ4v) is 0.344. The average Bonchev–Trinajstić information content (AvgIpc) is 1.66. The lowest BCUT2D eigenvalue weighted by Gasteiger charge is -1.80. The fourth-order valence-electron chi connectivity index (χ4n) is 0.344. The zero-order chi connectivity index (χ0) is 5.98. The Morgan fingerprint density at radius 2 is 2.12 bits per heavy atom. The van der Waals surface area contributed by atoms with Crippen molar-refractivity contribution in [1.82, 2.24) is 5.11 Å². The molecule has 0 saturated heterocycles. The van der Waals surface area contributed by atoms with E-state index in [9.17, 15) is 0 Å². The molecule has 35 valence electrons. The molecule has 0 N–H and O–H groups in total. The molecular formula is C6H2N2+. The number of hydrogen-bond acceptors (Lipinski definition) is 2. The third-order valence-corrected chi connectivity index (χ3v) is 0.748. The van der Waals surface area contributed by atoms with Crippen molar-refractivity contribution in [1.29, 1.82) is 0 Å². The van der Waals surface area contributed by atoms with E-state index < -0.39 is 0 Å². The third-order valence-electron chi connectivity index (χ3n) is 0.748. The van der Waals surface area contributed by atoms with E-state index in [2.05, 4.69) is 22.1 Å². The molecule has 0 saturated carbocycles. The van der Waals surface area contributed by atoms with Crippen molar-refractivity contribution in [2.75, 3.05) is 0 Å². The van der Waals surface area contributed by atoms with Crippen LogP contribution in [0.4, 0.5) is 0 Å². The summed E-state index contributed by atoms with van der Waals surface area (Å²) in [7, 11) is 0. The maximum atomic E-state index is 4.94. The predicted octanol–water partition coefficient (Wildman–Crippen LogP) is 0.266. The zero-order valence-corrected chi connectivity index (χ0v) is 4.05. The highest BCUT2D eigenvalue weighted by atomic mass is 15.2. The van der Waals surface area contributed by atoms with Gasteiger partial charge in [0.05, 0.1) is 5.11 Å². The van der Waals surface area contributed by atoms with Crippen molar-refractivity contribution in [3.63, 3.8) is 0 Å². The van der Waals surface area contributed by atoms with Gasteiger partial charge in [-0.25, -0.2) is 0 Å². The smallest absolute Gasteiger partial charge is 0.113 e. The number of rotatable bonds is 0. The summed E-state index contributed by atoms with van der Waals surface area (Å²) in [4.78, 5) is 0. The summed E-state index contributed by atoms with van der Waals surface area (Å²) in [6, 6.07) is 0. The average molecular weight is 102 g/mol. The van der Waals surface area contributed by atoms with Crippen LogP contribution in [-0.2, 0) is 0 Å². The lowest BCUT2D eigenvalue weighted by Crippen LogP contribution is -2.00. The minimum Gasteiger partial charge on any atom is -0.113 e. The van der Waals surface area contributed by atoms with E-state index in [4.69, 9.17) is 12.8 Å². The molecule has 0 spiro atoms. The van der Waals surface area contributed by atoms with E-state index in [1.54, 1.807) is 0 Å². The Labute approximate surface area is 47.3 Å². The number of terminal acetylenes is 2. The van der Waals surface area contributed by atoms with Crippen LogP contribution < -0.4 is 5.11 Å². The van der Waals surface area contributed by atoms with Crippen LogP contribution >= 0.6 is 0 Å². The number of azo groups is 1. The van der Waals surface area contributed by atoms with Crippen LogP contribution in [0.15, 0.2) is 16.5 Å². The summed E-state index contributed by atoms with van der Waals surface area (Å²) in [5, 5.41) is 6.93. The minimum atomic E-state index is 0.479. The van der Waals surface area contributed by atoms with Crippen LogP contribution in [0.5, 0.6) is 0 Å². The highest BCUT2D eigenvalue weighted by Gasteiger charge is 2.25. The lowest BCUT2D eigenvalue weighted by atomic mass is 10.3. The van der Waals surface area contributed by atoms with Crippen LogP contribution in [0.25, 0.3) is 0 Å². The first-order valence-electron chi connectivity index (χ1n) is 1.97. The third kappa shape index (κ3) is 0.407. The largest absolute Gasteiger partial charge is 0.403 e. The fraction of sp³-hybridized carbons (Fsp3) is 0. The maximum absolute atomic E-state index is 4.94. The summed E-state index contributed by atoms with van der Waals surface area (Å²) < 4.78 is 0. The van der Waals surface area contributed by atoms with Gasteiger partial charge >= 0.3 is 5.70 Å². The van der Waals surface area contributed by atoms with Gasteiger partial charge in [0.25, 0.3) is 5.70 Å². The first-order chi connectivity index (χ1) is 3.88. The predicted molar refractivity (Wildman–Crippen MR) is 29.3 cm³/mol. The molecule has 1 aliphatic rings. The van der Waals surface area contributed by atoms with Crippen LogP contribution in [0.2, 0.25) is 0 Å². The van der Waals surface area contributed by atoms with Gasteiger partial charge in [-0.05, 0) is 5.92 Å². The zero-order valence-electron chi connectivity index (χ0n) is 4.05. The maximum Gasteiger partial charge on any atom is 0.403 e. The lowest BCUT2D eigenvalue weighted by molar-refractivity contribution is 0.914. The molecule has 0 bridgehead atoms. The van der Waals surface area contributed by atoms with E-state index in [1.165, 1.54) is 0 Å². The van der Waals surface area contributed by atoms with Gasteiger partial charge in [0.1, 0.15) is 0 Å². The molecule has 0 unspecified atom stereocenters. The Morgan fingerprint density at radius 1 is 1.38 bits per heavy atom. The van der Waals surface area contributed by atoms with E-state index in [-0.39, 0.29) is 0 Å². The van der Waals surface area contributed by atoms with Crippen LogP contribution in [0.3, 0.4) is 0 Å². The molecule has 1 rings (SSSR count). The highest BCUT2D eigenvalue weighted by molar-refractivity contribution is 5.41. The van der Waals surface area contributed by atoms with Crippen molar-refractivity contribution < 1.29 is 0 Å². The van der Waals surface area contributed by atoms with E-state index in [1.807, 2.05) is 0 Å². The van der Waals surface area contributed by atoms with Crippen molar-refractivity contribution in [3.8, 4) is 24.7 Å². The molecule has 0 aromatic rings. The molecule has 2 heteroatoms. The standard InChI is InChI=1S/C6H2N2/c1-3-5-6(4-2)8-7-5/h1-2H/q+1. The van der Waals surface area contributed by atoms with Gasteiger partial charge in [0, 0.05) is 5.92 Å². The van der Waals surface area contributed by atoms with Gasteiger partial charge in [-0.15, -0.1) is 12.8 Å². The van der Waals surface area contributed by atoms with Crippen molar-refractivity contribution in [2.45, 2.75) is 0 Å². The summed E-state index contributed by atoms with van der Waals surface area (Å²) in [6.07, 6.45) is 9.89. The van der Waals surface area contributed by atoms with Crippen molar-refractivity contribution in [2.24, 2.45) is 5.11 Å². The van der Waals surface area contributed by atoms with E-state index >= 15 is 0 Å². The Balaban J connectivity index is 2.89. The second-order valence-corrected chi connectivity index (χ2v) is 1.19. The molecule has 0 amide bonds. The summed E-state index contributed by atoms with van der Waals surface area (Å²) in [5.74, 6) is 4.56. The first kappa shape index (κ1) is 4.61. The molecule has 0 atom stereocenters. The summed E-state index contributed by atoms with van der Waals surface area (Å²) >= 11 is 0. The molecule has 1 radical (unpaired) electrons. The van der Waals surface area contributed by atoms with Gasteiger partial charge in [-0.1, -0.05) is 0 Å². The normalized spacial score (nSPS) is 14.2. The molecular weight excluding hydrogens is 100 g/mol. The van der Waals surface area contributed by atoms with Crippen molar-refractivity contribution >= 4 is 0 Å². The van der Waals surface area contributed by atoms with E-state index in [0.717, 1.165) is 0 Å². The highest BCUT2D eigenvalue weighted by Crippen LogP contribution is 2.07. The van der Waals surface area contributed by atoms with Gasteiger partial charge in [0.2, 0.25) is 5.11 Å². The second kappa shape index (κ2) is 1.52. The molecule has 0 fully saturated rings. The molecule has 2 nitrogen and oxygen atoms in total. The van der Waals surface area contributed by atoms with Gasteiger partial charge in [-0.2, -0.15) is 0 Å². The minimum absolute atomic E-state index is 0.479. The Kier molecular flexibility index (Phi) is 0.875. The Hall–Kier alpha value is -1.54. The quantitative estimate of drug-likeness (QED) is 0.392. The number of allylic oxidation sites excluding steroid dienone is 2. The first-order valence-corrected chi connectivity index (χ1v) is 1.97. The monoisotopic (exact) mass is 102 g/mol. The van der Waals surface area contributed by atoms with E-state index in [0.29, 0.717) is 11.4 Å². The number of nitrogens with zero attached hydrogens (tertiary/aromatic N) is 2. The summed E-state index contributed by atoms with van der Waals surface area (Å²) in [6.45, 7) is 0. The van der Waals surface area contributed by atoms with Gasteiger partial charge in [-0.3, -0.25) is 0 Å². The number of hydrogen-bond donors (Lipinski definition) is 0. The topological polar surface area (TPSA) is 26.5 Å². The second-order valence-electron chi connectivity index (χ2n) is 1.19. The Bertz CT molecular complexity index is 219.